The van der Waals surface area contributed by atoms with Crippen molar-refractivity contribution < 1.29 is 19.2 Å². The lowest BCUT2D eigenvalue weighted by atomic mass is 10.1. The highest BCUT2D eigenvalue weighted by Gasteiger charge is 2.20. The molecule has 0 fully saturated rings. The molecular weight excluding hydrogens is 424 g/mol. The van der Waals surface area contributed by atoms with Crippen molar-refractivity contribution in [3.05, 3.63) is 70.4 Å². The van der Waals surface area contributed by atoms with E-state index in [0.717, 1.165) is 22.4 Å². The number of anilines is 1. The second kappa shape index (κ2) is 10.5. The largest absolute Gasteiger partial charge is 0.441 e. The summed E-state index contributed by atoms with van der Waals surface area (Å²) in [6.07, 6.45) is -1.13. The summed E-state index contributed by atoms with van der Waals surface area (Å²) >= 11 is 7.84. The van der Waals surface area contributed by atoms with Gasteiger partial charge in [0, 0.05) is 27.7 Å². The number of amides is 1. The Labute approximate surface area is 184 Å². The SMILES string of the molecule is Cc1noc(-c2ccc(CSCCO)cc2)c1NC(=O)OC(C)c1ccccc1Cl. The Hall–Kier alpha value is -2.48. The first kappa shape index (κ1) is 22.2. The van der Waals surface area contributed by atoms with Gasteiger partial charge in [0.15, 0.2) is 5.76 Å². The Bertz CT molecular complexity index is 991. The van der Waals surface area contributed by atoms with Gasteiger partial charge in [0.05, 0.1) is 6.61 Å². The fraction of sp³-hybridized carbons (Fsp3) is 0.273. The van der Waals surface area contributed by atoms with E-state index in [1.807, 2.05) is 42.5 Å². The number of halogens is 1. The Morgan fingerprint density at radius 2 is 2.00 bits per heavy atom. The zero-order valence-corrected chi connectivity index (χ0v) is 18.3. The summed E-state index contributed by atoms with van der Waals surface area (Å²) in [7, 11) is 0. The van der Waals surface area contributed by atoms with Crippen LogP contribution in [0, 0.1) is 6.92 Å². The van der Waals surface area contributed by atoms with Gasteiger partial charge in [-0.1, -0.05) is 59.2 Å². The highest BCUT2D eigenvalue weighted by molar-refractivity contribution is 7.98. The molecule has 3 aromatic rings. The first-order chi connectivity index (χ1) is 14.5. The number of aryl methyl sites for hydroxylation is 1. The molecule has 0 radical (unpaired) electrons. The fourth-order valence-electron chi connectivity index (χ4n) is 2.88. The zero-order chi connectivity index (χ0) is 21.5. The number of benzene rings is 2. The number of aliphatic hydroxyl groups is 1. The Morgan fingerprint density at radius 1 is 1.27 bits per heavy atom. The smallest absolute Gasteiger partial charge is 0.412 e. The molecule has 2 aromatic carbocycles. The molecule has 158 valence electrons. The number of aromatic nitrogens is 1. The molecule has 0 aliphatic carbocycles. The molecule has 0 aliphatic heterocycles. The average molecular weight is 447 g/mol. The van der Waals surface area contributed by atoms with Crippen molar-refractivity contribution in [3.8, 4) is 11.3 Å². The van der Waals surface area contributed by atoms with Crippen LogP contribution in [0.2, 0.25) is 5.02 Å². The predicted molar refractivity (Wildman–Crippen MR) is 120 cm³/mol. The van der Waals surface area contributed by atoms with E-state index in [0.29, 0.717) is 27.9 Å². The number of nitrogens with zero attached hydrogens (tertiary/aromatic N) is 1. The molecule has 1 heterocycles. The summed E-state index contributed by atoms with van der Waals surface area (Å²) in [4.78, 5) is 12.5. The molecule has 0 bridgehead atoms. The van der Waals surface area contributed by atoms with Gasteiger partial charge in [-0.25, -0.2) is 4.79 Å². The third-order valence-corrected chi connectivity index (χ3v) is 5.79. The average Bonchev–Trinajstić information content (AvgIpc) is 3.09. The van der Waals surface area contributed by atoms with Crippen LogP contribution < -0.4 is 5.32 Å². The van der Waals surface area contributed by atoms with Crippen LogP contribution in [0.3, 0.4) is 0 Å². The second-order valence-electron chi connectivity index (χ2n) is 6.64. The molecule has 1 atom stereocenters. The summed E-state index contributed by atoms with van der Waals surface area (Å²) < 4.78 is 10.9. The molecule has 0 aliphatic rings. The third kappa shape index (κ3) is 5.56. The fourth-order valence-corrected chi connectivity index (χ4v) is 3.87. The highest BCUT2D eigenvalue weighted by Crippen LogP contribution is 2.32. The Balaban J connectivity index is 1.70. The molecule has 2 N–H and O–H groups in total. The van der Waals surface area contributed by atoms with Crippen molar-refractivity contribution in [2.45, 2.75) is 25.7 Å². The van der Waals surface area contributed by atoms with E-state index >= 15 is 0 Å². The summed E-state index contributed by atoms with van der Waals surface area (Å²) in [5.41, 5.74) is 3.67. The van der Waals surface area contributed by atoms with Crippen molar-refractivity contribution in [1.29, 1.82) is 0 Å². The number of carbonyl (C=O) groups excluding carboxylic acids is 1. The van der Waals surface area contributed by atoms with E-state index < -0.39 is 12.2 Å². The number of hydrogen-bond acceptors (Lipinski definition) is 6. The topological polar surface area (TPSA) is 84.6 Å². The van der Waals surface area contributed by atoms with Crippen molar-refractivity contribution in [1.82, 2.24) is 5.16 Å². The molecule has 6 nitrogen and oxygen atoms in total. The maximum absolute atomic E-state index is 12.5. The van der Waals surface area contributed by atoms with Gasteiger partial charge in [-0.3, -0.25) is 5.32 Å². The maximum Gasteiger partial charge on any atom is 0.412 e. The van der Waals surface area contributed by atoms with Gasteiger partial charge in [0.25, 0.3) is 0 Å². The maximum atomic E-state index is 12.5. The van der Waals surface area contributed by atoms with Crippen LogP contribution in [0.1, 0.15) is 29.8 Å². The van der Waals surface area contributed by atoms with E-state index in [2.05, 4.69) is 10.5 Å². The van der Waals surface area contributed by atoms with Gasteiger partial charge in [0.2, 0.25) is 0 Å². The minimum Gasteiger partial charge on any atom is -0.441 e. The molecule has 0 saturated carbocycles. The lowest BCUT2D eigenvalue weighted by molar-refractivity contribution is 0.121. The van der Waals surface area contributed by atoms with Crippen LogP contribution in [0.4, 0.5) is 10.5 Å². The van der Waals surface area contributed by atoms with Crippen LogP contribution in [-0.2, 0) is 10.5 Å². The first-order valence-electron chi connectivity index (χ1n) is 9.46. The molecule has 3 rings (SSSR count). The number of thioether (sulfide) groups is 1. The lowest BCUT2D eigenvalue weighted by Gasteiger charge is -2.15. The van der Waals surface area contributed by atoms with Gasteiger partial charge in [-0.15, -0.1) is 0 Å². The molecule has 1 unspecified atom stereocenters. The van der Waals surface area contributed by atoms with Gasteiger partial charge in [0.1, 0.15) is 17.5 Å². The Morgan fingerprint density at radius 3 is 2.70 bits per heavy atom. The molecule has 0 spiro atoms. The normalized spacial score (nSPS) is 11.9. The third-order valence-electron chi connectivity index (χ3n) is 4.44. The summed E-state index contributed by atoms with van der Waals surface area (Å²) in [6, 6.07) is 15.0. The van der Waals surface area contributed by atoms with E-state index in [1.165, 1.54) is 0 Å². The predicted octanol–water partition coefficient (Wildman–Crippen LogP) is 5.84. The summed E-state index contributed by atoms with van der Waals surface area (Å²) in [5, 5.41) is 16.1. The number of nitrogens with one attached hydrogen (secondary N) is 1. The molecule has 1 amide bonds. The summed E-state index contributed by atoms with van der Waals surface area (Å²) in [5.74, 6) is 1.98. The molecular formula is C22H23ClN2O4S. The first-order valence-corrected chi connectivity index (χ1v) is 11.0. The van der Waals surface area contributed by atoms with Gasteiger partial charge >= 0.3 is 6.09 Å². The molecule has 8 heteroatoms. The summed E-state index contributed by atoms with van der Waals surface area (Å²) in [6.45, 7) is 3.68. The van der Waals surface area contributed by atoms with Crippen LogP contribution >= 0.6 is 23.4 Å². The monoisotopic (exact) mass is 446 g/mol. The van der Waals surface area contributed by atoms with Crippen molar-refractivity contribution in [3.63, 3.8) is 0 Å². The second-order valence-corrected chi connectivity index (χ2v) is 8.15. The van der Waals surface area contributed by atoms with Crippen LogP contribution in [0.25, 0.3) is 11.3 Å². The highest BCUT2D eigenvalue weighted by atomic mass is 35.5. The minimum absolute atomic E-state index is 0.167. The molecule has 0 saturated heterocycles. The number of aliphatic hydroxyl groups excluding tert-OH is 1. The number of carbonyl (C=O) groups is 1. The molecule has 1 aromatic heterocycles. The Kier molecular flexibility index (Phi) is 7.79. The van der Waals surface area contributed by atoms with Crippen LogP contribution in [-0.4, -0.2) is 28.7 Å². The van der Waals surface area contributed by atoms with E-state index in [4.69, 9.17) is 26.0 Å². The standard InChI is InChI=1S/C22H23ClN2O4S/c1-14-20(24-22(27)28-15(2)18-5-3-4-6-19(18)23)21(29-25-14)17-9-7-16(8-10-17)13-30-12-11-26/h3-10,15,26H,11-13H2,1-2H3,(H,24,27). The van der Waals surface area contributed by atoms with Crippen molar-refractivity contribution in [2.24, 2.45) is 0 Å². The van der Waals surface area contributed by atoms with Crippen molar-refractivity contribution >= 4 is 35.1 Å². The van der Waals surface area contributed by atoms with Gasteiger partial charge < -0.3 is 14.4 Å². The van der Waals surface area contributed by atoms with E-state index in [9.17, 15) is 4.79 Å². The van der Waals surface area contributed by atoms with Gasteiger partial charge in [-0.2, -0.15) is 11.8 Å². The minimum atomic E-state index is -0.619. The van der Waals surface area contributed by atoms with Crippen LogP contribution in [0.15, 0.2) is 53.1 Å². The zero-order valence-electron chi connectivity index (χ0n) is 16.7. The van der Waals surface area contributed by atoms with Gasteiger partial charge in [-0.05, 0) is 25.5 Å². The number of hydrogen-bond donors (Lipinski definition) is 2. The van der Waals surface area contributed by atoms with Crippen molar-refractivity contribution in [2.75, 3.05) is 17.7 Å². The quantitative estimate of drug-likeness (QED) is 0.423. The van der Waals surface area contributed by atoms with Crippen LogP contribution in [0.5, 0.6) is 0 Å². The number of rotatable bonds is 8. The lowest BCUT2D eigenvalue weighted by Crippen LogP contribution is -2.17. The van der Waals surface area contributed by atoms with E-state index in [1.54, 1.807) is 31.7 Å². The number of ether oxygens (including phenoxy) is 1. The van der Waals surface area contributed by atoms with E-state index in [-0.39, 0.29) is 6.61 Å². The molecule has 30 heavy (non-hydrogen) atoms.